The van der Waals surface area contributed by atoms with Gasteiger partial charge in [0.1, 0.15) is 11.6 Å². The number of rotatable bonds is 2. The SMILES string of the molecule is O=C([O-])C(F)(F)C1(O)CCC2(CC1)OCCO2. The number of alkyl halides is 2. The molecule has 0 aromatic heterocycles. The van der Waals surface area contributed by atoms with Crippen LogP contribution in [0.3, 0.4) is 0 Å². The third-order valence-electron chi connectivity index (χ3n) is 3.49. The molecular weight excluding hydrogens is 238 g/mol. The Morgan fingerprint density at radius 1 is 1.18 bits per heavy atom. The molecule has 0 unspecified atom stereocenters. The lowest BCUT2D eigenvalue weighted by atomic mass is 9.77. The van der Waals surface area contributed by atoms with Gasteiger partial charge in [0.2, 0.25) is 0 Å². The molecule has 0 aromatic rings. The van der Waals surface area contributed by atoms with Crippen LogP contribution in [0, 0.1) is 0 Å². The molecule has 2 rings (SSSR count). The number of ether oxygens (including phenoxy) is 2. The first kappa shape index (κ1) is 12.7. The van der Waals surface area contributed by atoms with Gasteiger partial charge in [0, 0.05) is 12.8 Å². The Balaban J connectivity index is 2.09. The van der Waals surface area contributed by atoms with Crippen LogP contribution in [0.4, 0.5) is 8.78 Å². The van der Waals surface area contributed by atoms with Gasteiger partial charge in [-0.15, -0.1) is 0 Å². The number of halogens is 2. The van der Waals surface area contributed by atoms with E-state index >= 15 is 0 Å². The molecule has 5 nitrogen and oxygen atoms in total. The summed E-state index contributed by atoms with van der Waals surface area (Å²) in [5, 5.41) is 20.1. The first-order valence-corrected chi connectivity index (χ1v) is 5.41. The number of aliphatic hydroxyl groups is 1. The van der Waals surface area contributed by atoms with Gasteiger partial charge in [-0.25, -0.2) is 0 Å². The van der Waals surface area contributed by atoms with Gasteiger partial charge in [0.25, 0.3) is 0 Å². The minimum atomic E-state index is -4.26. The highest BCUT2D eigenvalue weighted by Gasteiger charge is 2.58. The monoisotopic (exact) mass is 251 g/mol. The zero-order valence-electron chi connectivity index (χ0n) is 9.08. The summed E-state index contributed by atoms with van der Waals surface area (Å²) in [7, 11) is 0. The van der Waals surface area contributed by atoms with Crippen molar-refractivity contribution in [2.75, 3.05) is 13.2 Å². The van der Waals surface area contributed by atoms with E-state index in [-0.39, 0.29) is 12.8 Å². The lowest BCUT2D eigenvalue weighted by molar-refractivity contribution is -0.349. The van der Waals surface area contributed by atoms with Crippen LogP contribution in [-0.2, 0) is 14.3 Å². The van der Waals surface area contributed by atoms with E-state index in [0.717, 1.165) is 0 Å². The minimum absolute atomic E-state index is 0.0480. The van der Waals surface area contributed by atoms with Crippen LogP contribution < -0.4 is 5.11 Å². The van der Waals surface area contributed by atoms with E-state index in [2.05, 4.69) is 0 Å². The number of carbonyl (C=O) groups is 1. The smallest absolute Gasteiger partial charge is 0.315 e. The van der Waals surface area contributed by atoms with Crippen molar-refractivity contribution in [1.29, 1.82) is 0 Å². The third kappa shape index (κ3) is 1.92. The number of hydrogen-bond acceptors (Lipinski definition) is 5. The van der Waals surface area contributed by atoms with Gasteiger partial charge in [0.15, 0.2) is 5.79 Å². The molecule has 0 radical (unpaired) electrons. The molecule has 17 heavy (non-hydrogen) atoms. The van der Waals surface area contributed by atoms with Crippen molar-refractivity contribution in [2.24, 2.45) is 0 Å². The van der Waals surface area contributed by atoms with Crippen molar-refractivity contribution in [3.63, 3.8) is 0 Å². The second-order valence-electron chi connectivity index (χ2n) is 4.50. The van der Waals surface area contributed by atoms with Gasteiger partial charge in [-0.2, -0.15) is 8.78 Å². The van der Waals surface area contributed by atoms with Gasteiger partial charge in [0.05, 0.1) is 13.2 Å². The Labute approximate surface area is 96.3 Å². The molecule has 0 bridgehead atoms. The molecule has 1 aliphatic carbocycles. The molecule has 2 aliphatic rings. The molecule has 98 valence electrons. The average Bonchev–Trinajstić information content (AvgIpc) is 2.71. The van der Waals surface area contributed by atoms with Gasteiger partial charge < -0.3 is 24.5 Å². The van der Waals surface area contributed by atoms with Gasteiger partial charge in [-0.1, -0.05) is 0 Å². The number of carboxylic acid groups (broad SMARTS) is 1. The van der Waals surface area contributed by atoms with Crippen LogP contribution in [0.15, 0.2) is 0 Å². The zero-order chi connectivity index (χ0) is 12.7. The molecule has 0 aromatic carbocycles. The molecule has 1 aliphatic heterocycles. The highest BCUT2D eigenvalue weighted by Crippen LogP contribution is 2.46. The number of carbonyl (C=O) groups excluding carboxylic acids is 1. The van der Waals surface area contributed by atoms with Crippen LogP contribution >= 0.6 is 0 Å². The van der Waals surface area contributed by atoms with Crippen LogP contribution in [0.25, 0.3) is 0 Å². The fourth-order valence-electron chi connectivity index (χ4n) is 2.33. The van der Waals surface area contributed by atoms with Crippen molar-refractivity contribution < 1.29 is 33.3 Å². The summed E-state index contributed by atoms with van der Waals surface area (Å²) in [5.41, 5.74) is -2.58. The number of aliphatic carboxylic acids is 1. The predicted octanol–water partition coefficient (Wildman–Crippen LogP) is -0.580. The van der Waals surface area contributed by atoms with E-state index < -0.39 is 36.1 Å². The molecule has 1 saturated heterocycles. The highest BCUT2D eigenvalue weighted by atomic mass is 19.3. The molecule has 0 amide bonds. The fourth-order valence-corrected chi connectivity index (χ4v) is 2.33. The van der Waals surface area contributed by atoms with E-state index in [1.165, 1.54) is 0 Å². The van der Waals surface area contributed by atoms with Crippen LogP contribution in [-0.4, -0.2) is 41.6 Å². The van der Waals surface area contributed by atoms with Crippen molar-refractivity contribution in [3.05, 3.63) is 0 Å². The second-order valence-corrected chi connectivity index (χ2v) is 4.50. The van der Waals surface area contributed by atoms with Crippen molar-refractivity contribution in [3.8, 4) is 0 Å². The van der Waals surface area contributed by atoms with E-state index in [4.69, 9.17) is 9.47 Å². The second kappa shape index (κ2) is 3.86. The molecular formula is C10H13F2O5-. The molecule has 0 atom stereocenters. The lowest BCUT2D eigenvalue weighted by Crippen LogP contribution is -2.61. The maximum Gasteiger partial charge on any atom is 0.315 e. The maximum absolute atomic E-state index is 13.3. The molecule has 1 saturated carbocycles. The summed E-state index contributed by atoms with van der Waals surface area (Å²) in [5.74, 6) is -7.73. The van der Waals surface area contributed by atoms with E-state index in [0.29, 0.717) is 13.2 Å². The van der Waals surface area contributed by atoms with Crippen LogP contribution in [0.5, 0.6) is 0 Å². The maximum atomic E-state index is 13.3. The Hall–Kier alpha value is -0.790. The Morgan fingerprint density at radius 3 is 2.06 bits per heavy atom. The summed E-state index contributed by atoms with van der Waals surface area (Å²) >= 11 is 0. The molecule has 7 heteroatoms. The summed E-state index contributed by atoms with van der Waals surface area (Å²) in [4.78, 5) is 10.4. The Morgan fingerprint density at radius 2 is 1.65 bits per heavy atom. The first-order chi connectivity index (χ1) is 7.81. The normalized spacial score (nSPS) is 27.2. The highest BCUT2D eigenvalue weighted by molar-refractivity contribution is 5.75. The summed E-state index contributed by atoms with van der Waals surface area (Å²) in [6.07, 6.45) is -0.694. The van der Waals surface area contributed by atoms with Gasteiger partial charge in [-0.05, 0) is 12.8 Å². The van der Waals surface area contributed by atoms with Crippen LogP contribution in [0.1, 0.15) is 25.7 Å². The van der Waals surface area contributed by atoms with Crippen molar-refractivity contribution in [2.45, 2.75) is 43.0 Å². The largest absolute Gasteiger partial charge is 0.544 e. The topological polar surface area (TPSA) is 78.8 Å². The lowest BCUT2D eigenvalue weighted by Gasteiger charge is -2.44. The molecule has 1 N–H and O–H groups in total. The standard InChI is InChI=1S/C10H14F2O5/c11-10(12,7(13)14)8(15)1-3-9(4-2-8)16-5-6-17-9/h15H,1-6H2,(H,13,14)/p-1. The average molecular weight is 251 g/mol. The quantitative estimate of drug-likeness (QED) is 0.710. The Kier molecular flexibility index (Phi) is 2.87. The fraction of sp³-hybridized carbons (Fsp3) is 0.900. The van der Waals surface area contributed by atoms with Crippen molar-refractivity contribution in [1.82, 2.24) is 0 Å². The first-order valence-electron chi connectivity index (χ1n) is 5.41. The predicted molar refractivity (Wildman–Crippen MR) is 48.0 cm³/mol. The number of hydrogen-bond donors (Lipinski definition) is 1. The molecule has 2 fully saturated rings. The summed E-state index contributed by atoms with van der Waals surface area (Å²) in [6, 6.07) is 0. The zero-order valence-corrected chi connectivity index (χ0v) is 9.08. The van der Waals surface area contributed by atoms with Crippen molar-refractivity contribution >= 4 is 5.97 Å². The Bertz CT molecular complexity index is 315. The van der Waals surface area contributed by atoms with E-state index in [1.54, 1.807) is 0 Å². The van der Waals surface area contributed by atoms with E-state index in [9.17, 15) is 23.8 Å². The van der Waals surface area contributed by atoms with Gasteiger partial charge in [-0.3, -0.25) is 0 Å². The summed E-state index contributed by atoms with van der Waals surface area (Å²) < 4.78 is 37.2. The number of carboxylic acids is 1. The van der Waals surface area contributed by atoms with E-state index in [1.807, 2.05) is 0 Å². The minimum Gasteiger partial charge on any atom is -0.544 e. The third-order valence-corrected chi connectivity index (χ3v) is 3.49. The van der Waals surface area contributed by atoms with Gasteiger partial charge >= 0.3 is 5.92 Å². The summed E-state index contributed by atoms with van der Waals surface area (Å²) in [6.45, 7) is 0.768. The molecule has 1 heterocycles. The molecule has 1 spiro atoms. The van der Waals surface area contributed by atoms with Crippen LogP contribution in [0.2, 0.25) is 0 Å².